The van der Waals surface area contributed by atoms with E-state index in [1.54, 1.807) is 78.9 Å². The van der Waals surface area contributed by atoms with Crippen molar-refractivity contribution in [3.8, 4) is 0 Å². The van der Waals surface area contributed by atoms with Crippen LogP contribution < -0.4 is 5.32 Å². The first-order chi connectivity index (χ1) is 32.6. The van der Waals surface area contributed by atoms with Crippen LogP contribution >= 0.6 is 0 Å². The minimum atomic E-state index is -2.52. The van der Waals surface area contributed by atoms with E-state index in [1.807, 2.05) is 0 Å². The third-order valence-electron chi connectivity index (χ3n) is 14.3. The Morgan fingerprint density at radius 2 is 1.39 bits per heavy atom. The fourth-order valence-corrected chi connectivity index (χ4v) is 10.8. The van der Waals surface area contributed by atoms with Crippen LogP contribution in [0.25, 0.3) is 0 Å². The number of ketones is 1. The van der Waals surface area contributed by atoms with E-state index in [2.05, 4.69) is 5.32 Å². The molecular formula is C51H55NO17. The van der Waals surface area contributed by atoms with Gasteiger partial charge in [-0.2, -0.15) is 0 Å². The number of nitrogens with one attached hydrogen (secondary N) is 1. The number of aliphatic carboxylic acids is 1. The second kappa shape index (κ2) is 19.3. The highest BCUT2D eigenvalue weighted by Crippen LogP contribution is 2.65. The van der Waals surface area contributed by atoms with Crippen LogP contribution in [0.4, 0.5) is 0 Å². The summed E-state index contributed by atoms with van der Waals surface area (Å²) in [5.41, 5.74) is -7.87. The van der Waals surface area contributed by atoms with Gasteiger partial charge in [-0.15, -0.1) is 0 Å². The summed E-state index contributed by atoms with van der Waals surface area (Å²) >= 11 is 0. The Bertz CT molecular complexity index is 2550. The number of esters is 5. The van der Waals surface area contributed by atoms with Crippen molar-refractivity contribution in [3.63, 3.8) is 0 Å². The molecule has 18 nitrogen and oxygen atoms in total. The second-order valence-corrected chi connectivity index (χ2v) is 18.7. The molecule has 1 amide bonds. The van der Waals surface area contributed by atoms with Crippen molar-refractivity contribution in [2.24, 2.45) is 16.7 Å². The number of aliphatic hydroxyl groups excluding tert-OH is 1. The third-order valence-corrected chi connectivity index (χ3v) is 14.3. The van der Waals surface area contributed by atoms with Crippen molar-refractivity contribution in [1.29, 1.82) is 0 Å². The number of carbonyl (C=O) groups excluding carboxylic acids is 7. The van der Waals surface area contributed by atoms with Crippen molar-refractivity contribution >= 4 is 47.5 Å². The van der Waals surface area contributed by atoms with Crippen LogP contribution in [0.5, 0.6) is 0 Å². The lowest BCUT2D eigenvalue weighted by molar-refractivity contribution is -0.346. The van der Waals surface area contributed by atoms with Crippen LogP contribution in [0.15, 0.2) is 102 Å². The molecule has 4 aliphatic rings. The van der Waals surface area contributed by atoms with Gasteiger partial charge in [0.2, 0.25) is 0 Å². The van der Waals surface area contributed by atoms with Crippen molar-refractivity contribution < 1.29 is 82.1 Å². The van der Waals surface area contributed by atoms with E-state index in [4.69, 9.17) is 28.4 Å². The van der Waals surface area contributed by atoms with Gasteiger partial charge < -0.3 is 49.1 Å². The SMILES string of the molecule is CC(=O)O[C@H]1C(=O)[C@]2(C)[C@@H](OC(=O)CCC(=O)O)C[C@H]3OC[C@@]3(OC(C)=O)[C@H]2[C@H](OC(=O)c2ccccc2)[C@]2(O)C[C@H](OC(=O)[C@H](O)[C@@H](NC(=O)c3ccccc3)c3ccccc3)C(C)=C1C2(C)C. The first-order valence-electron chi connectivity index (χ1n) is 22.5. The zero-order valence-corrected chi connectivity index (χ0v) is 38.9. The van der Waals surface area contributed by atoms with Gasteiger partial charge in [0, 0.05) is 37.7 Å². The lowest BCUT2D eigenvalue weighted by atomic mass is 9.44. The maximum absolute atomic E-state index is 16.0. The molecule has 0 radical (unpaired) electrons. The fourth-order valence-electron chi connectivity index (χ4n) is 10.8. The molecule has 3 aromatic carbocycles. The van der Waals surface area contributed by atoms with Crippen LogP contribution in [0.2, 0.25) is 0 Å². The summed E-state index contributed by atoms with van der Waals surface area (Å²) in [5.74, 6) is -9.77. The molecule has 3 fully saturated rings. The van der Waals surface area contributed by atoms with Gasteiger partial charge in [0.15, 0.2) is 23.6 Å². The molecule has 18 heteroatoms. The van der Waals surface area contributed by atoms with E-state index in [0.717, 1.165) is 13.8 Å². The summed E-state index contributed by atoms with van der Waals surface area (Å²) in [7, 11) is 0. The van der Waals surface area contributed by atoms with E-state index in [1.165, 1.54) is 39.8 Å². The number of carboxylic acid groups (broad SMARTS) is 1. The summed E-state index contributed by atoms with van der Waals surface area (Å²) in [4.78, 5) is 110. The van der Waals surface area contributed by atoms with Gasteiger partial charge in [0.1, 0.15) is 30.0 Å². The highest BCUT2D eigenvalue weighted by Gasteiger charge is 2.79. The number of hydrogen-bond donors (Lipinski definition) is 4. The Hall–Kier alpha value is -6.76. The standard InChI is InChI=1S/C51H55NO17/c1-27-33(66-47(62)40(58)39(30-16-10-7-11-17-30)52-45(60)31-18-12-8-13-19-31)25-51(63)44(68-46(61)32-20-14-9-15-21-32)42-49(6,43(59)41(65-28(2)53)38(27)48(51,4)5)34(67-37(57)23-22-36(55)56)24-35-50(42,26-64-35)69-29(3)54/h7-21,33-35,39-42,44,58,63H,22-26H2,1-6H3,(H,52,60)(H,55,56)/t33-,34-,35+,39-,40+,41+,42-,44-,49+,50-,51+/m0/s1. The van der Waals surface area contributed by atoms with Gasteiger partial charge in [-0.3, -0.25) is 28.8 Å². The van der Waals surface area contributed by atoms with Gasteiger partial charge in [-0.25, -0.2) is 9.59 Å². The normalized spacial score (nSPS) is 29.7. The number of ether oxygens (including phenoxy) is 6. The van der Waals surface area contributed by atoms with Gasteiger partial charge in [-0.05, 0) is 54.8 Å². The van der Waals surface area contributed by atoms with Crippen LogP contribution in [-0.2, 0) is 57.2 Å². The summed E-state index contributed by atoms with van der Waals surface area (Å²) in [6.45, 7) is 7.58. The second-order valence-electron chi connectivity index (χ2n) is 18.7. The molecule has 0 spiro atoms. The van der Waals surface area contributed by atoms with E-state index in [-0.39, 0.29) is 28.7 Å². The quantitative estimate of drug-likeness (QED) is 0.100. The molecule has 0 unspecified atom stereocenters. The van der Waals surface area contributed by atoms with Crippen LogP contribution in [-0.4, -0.2) is 117 Å². The number of hydrogen-bond acceptors (Lipinski definition) is 16. The Kier molecular flexibility index (Phi) is 14.0. The first-order valence-corrected chi connectivity index (χ1v) is 22.5. The largest absolute Gasteiger partial charge is 0.481 e. The van der Waals surface area contributed by atoms with Crippen molar-refractivity contribution in [3.05, 3.63) is 119 Å². The average Bonchev–Trinajstić information content (AvgIpc) is 3.30. The van der Waals surface area contributed by atoms with Gasteiger partial charge in [0.25, 0.3) is 5.91 Å². The van der Waals surface area contributed by atoms with Crippen molar-refractivity contribution in [2.75, 3.05) is 6.61 Å². The summed E-state index contributed by atoms with van der Waals surface area (Å²) < 4.78 is 36.6. The Morgan fingerprint density at radius 1 is 0.797 bits per heavy atom. The third kappa shape index (κ3) is 9.15. The molecule has 69 heavy (non-hydrogen) atoms. The molecular weight excluding hydrogens is 899 g/mol. The van der Waals surface area contributed by atoms with Crippen LogP contribution in [0, 0.1) is 16.7 Å². The smallest absolute Gasteiger partial charge is 0.338 e. The molecule has 11 atom stereocenters. The van der Waals surface area contributed by atoms with Gasteiger partial charge >= 0.3 is 35.8 Å². The highest BCUT2D eigenvalue weighted by atomic mass is 16.6. The molecule has 1 saturated heterocycles. The number of aliphatic hydroxyl groups is 2. The molecule has 1 aliphatic heterocycles. The zero-order chi connectivity index (χ0) is 50.2. The van der Waals surface area contributed by atoms with E-state index >= 15 is 4.79 Å². The minimum Gasteiger partial charge on any atom is -0.481 e. The maximum atomic E-state index is 16.0. The predicted molar refractivity (Wildman–Crippen MR) is 238 cm³/mol. The number of amides is 1. The average molecular weight is 954 g/mol. The number of carboxylic acids is 1. The molecule has 1 heterocycles. The first kappa shape index (κ1) is 50.1. The molecule has 2 saturated carbocycles. The molecule has 3 aliphatic carbocycles. The topological polar surface area (TPSA) is 265 Å². The monoisotopic (exact) mass is 953 g/mol. The number of rotatable bonds is 14. The molecule has 7 rings (SSSR count). The zero-order valence-electron chi connectivity index (χ0n) is 38.9. The van der Waals surface area contributed by atoms with E-state index in [0.29, 0.717) is 5.56 Å². The van der Waals surface area contributed by atoms with Crippen molar-refractivity contribution in [1.82, 2.24) is 5.32 Å². The number of Topliss-reactive ketones (excluding diaryl/α,β-unsaturated/α-hetero) is 1. The van der Waals surface area contributed by atoms with Gasteiger partial charge in [-0.1, -0.05) is 80.6 Å². The van der Waals surface area contributed by atoms with E-state index in [9.17, 15) is 48.9 Å². The summed E-state index contributed by atoms with van der Waals surface area (Å²) in [5, 5.41) is 37.9. The van der Waals surface area contributed by atoms with E-state index < -0.39 is 144 Å². The lowest BCUT2D eigenvalue weighted by Gasteiger charge is -2.67. The Balaban J connectivity index is 1.42. The highest BCUT2D eigenvalue weighted by molar-refractivity contribution is 5.96. The number of benzene rings is 3. The Morgan fingerprint density at radius 3 is 1.94 bits per heavy atom. The molecule has 366 valence electrons. The van der Waals surface area contributed by atoms with Crippen LogP contribution in [0.3, 0.4) is 0 Å². The number of fused-ring (bicyclic) bond motifs is 5. The predicted octanol–water partition coefficient (Wildman–Crippen LogP) is 4.15. The number of carbonyl (C=O) groups is 8. The van der Waals surface area contributed by atoms with Gasteiger partial charge in [0.05, 0.1) is 42.4 Å². The fraction of sp³-hybridized carbons (Fsp3) is 0.451. The maximum Gasteiger partial charge on any atom is 0.338 e. The molecule has 0 aromatic heterocycles. The Labute approximate surface area is 397 Å². The summed E-state index contributed by atoms with van der Waals surface area (Å²) in [6.07, 6.45) is -12.6. The van der Waals surface area contributed by atoms with Crippen LogP contribution in [0.1, 0.15) is 99.5 Å². The molecule has 3 aromatic rings. The lowest BCUT2D eigenvalue weighted by Crippen LogP contribution is -2.82. The van der Waals surface area contributed by atoms with Crippen molar-refractivity contribution in [2.45, 2.75) is 121 Å². The molecule has 4 N–H and O–H groups in total. The minimum absolute atomic E-state index is 0.000507. The molecule has 2 bridgehead atoms. The summed E-state index contributed by atoms with van der Waals surface area (Å²) in [6, 6.07) is 22.5.